The fourth-order valence-corrected chi connectivity index (χ4v) is 2.11. The number of rotatable bonds is 16. The summed E-state index contributed by atoms with van der Waals surface area (Å²) < 4.78 is 10.3. The first kappa shape index (κ1) is 27.1. The average Bonchev–Trinajstić information content (AvgIpc) is 2.65. The topological polar surface area (TPSA) is 93.1 Å². The van der Waals surface area contributed by atoms with E-state index in [2.05, 4.69) is 13.8 Å². The second-order valence-electron chi connectivity index (χ2n) is 6.22. The standard InChI is InChI=1S/C18H34O4.C2H6O2/c1-3-5-7-11-15-21-17(19)13-9-10-14-18(20)22-16-12-8-6-4-2;3-1-2-4/h3-16H2,1-2H3;3-4H,1-2H2. The van der Waals surface area contributed by atoms with E-state index in [-0.39, 0.29) is 25.2 Å². The predicted molar refractivity (Wildman–Crippen MR) is 103 cm³/mol. The smallest absolute Gasteiger partial charge is 0.305 e. The number of carbonyl (C=O) groups is 2. The maximum atomic E-state index is 11.5. The van der Waals surface area contributed by atoms with Gasteiger partial charge >= 0.3 is 11.9 Å². The molecule has 0 rings (SSSR count). The molecule has 0 aromatic heterocycles. The molecule has 0 unspecified atom stereocenters. The molecule has 0 saturated heterocycles. The molecule has 0 radical (unpaired) electrons. The molecule has 6 nitrogen and oxygen atoms in total. The summed E-state index contributed by atoms with van der Waals surface area (Å²) in [6.45, 7) is 5.11. The van der Waals surface area contributed by atoms with Crippen LogP contribution >= 0.6 is 0 Å². The van der Waals surface area contributed by atoms with Crippen molar-refractivity contribution in [1.29, 1.82) is 0 Å². The van der Waals surface area contributed by atoms with Crippen LogP contribution in [0.3, 0.4) is 0 Å². The Morgan fingerprint density at radius 1 is 0.615 bits per heavy atom. The van der Waals surface area contributed by atoms with E-state index in [4.69, 9.17) is 19.7 Å². The molecule has 0 bridgehead atoms. The molecule has 0 amide bonds. The molecule has 26 heavy (non-hydrogen) atoms. The highest BCUT2D eigenvalue weighted by molar-refractivity contribution is 5.70. The van der Waals surface area contributed by atoms with Crippen molar-refractivity contribution in [3.05, 3.63) is 0 Å². The number of hydrogen-bond donors (Lipinski definition) is 2. The zero-order chi connectivity index (χ0) is 19.9. The fraction of sp³-hybridized carbons (Fsp3) is 0.900. The minimum atomic E-state index is -0.149. The van der Waals surface area contributed by atoms with E-state index < -0.39 is 0 Å². The lowest BCUT2D eigenvalue weighted by Gasteiger charge is -2.05. The van der Waals surface area contributed by atoms with Gasteiger partial charge in [0.2, 0.25) is 0 Å². The van der Waals surface area contributed by atoms with Crippen molar-refractivity contribution in [2.24, 2.45) is 0 Å². The first-order valence-electron chi connectivity index (χ1n) is 10.1. The molecule has 0 heterocycles. The number of unbranched alkanes of at least 4 members (excludes halogenated alkanes) is 7. The van der Waals surface area contributed by atoms with Gasteiger partial charge in [-0.2, -0.15) is 0 Å². The molecule has 0 spiro atoms. The fourth-order valence-electron chi connectivity index (χ4n) is 2.11. The van der Waals surface area contributed by atoms with Crippen LogP contribution in [0.25, 0.3) is 0 Å². The van der Waals surface area contributed by atoms with Crippen LogP contribution < -0.4 is 0 Å². The molecule has 0 aliphatic carbocycles. The lowest BCUT2D eigenvalue weighted by Crippen LogP contribution is -2.08. The van der Waals surface area contributed by atoms with Gasteiger partial charge in [0.25, 0.3) is 0 Å². The summed E-state index contributed by atoms with van der Waals surface area (Å²) >= 11 is 0. The lowest BCUT2D eigenvalue weighted by atomic mass is 10.2. The van der Waals surface area contributed by atoms with Crippen LogP contribution in [-0.2, 0) is 19.1 Å². The van der Waals surface area contributed by atoms with Crippen LogP contribution in [0.1, 0.15) is 90.9 Å². The molecule has 0 aromatic rings. The molecule has 0 fully saturated rings. The summed E-state index contributed by atoms with van der Waals surface area (Å²) in [5, 5.41) is 15.2. The molecular formula is C20H40O6. The minimum Gasteiger partial charge on any atom is -0.466 e. The Bertz CT molecular complexity index is 277. The van der Waals surface area contributed by atoms with Crippen molar-refractivity contribution in [2.75, 3.05) is 26.4 Å². The Hall–Kier alpha value is -1.14. The van der Waals surface area contributed by atoms with E-state index in [1.807, 2.05) is 0 Å². The van der Waals surface area contributed by atoms with Crippen LogP contribution in [0.15, 0.2) is 0 Å². The summed E-state index contributed by atoms with van der Waals surface area (Å²) in [5.74, 6) is -0.297. The Balaban J connectivity index is 0. The Kier molecular flexibility index (Phi) is 24.9. The van der Waals surface area contributed by atoms with Gasteiger partial charge in [-0.25, -0.2) is 0 Å². The quantitative estimate of drug-likeness (QED) is 0.315. The van der Waals surface area contributed by atoms with Gasteiger partial charge in [0.05, 0.1) is 26.4 Å². The van der Waals surface area contributed by atoms with Crippen LogP contribution in [0.2, 0.25) is 0 Å². The van der Waals surface area contributed by atoms with Crippen molar-refractivity contribution >= 4 is 11.9 Å². The number of aliphatic hydroxyl groups excluding tert-OH is 2. The van der Waals surface area contributed by atoms with Gasteiger partial charge in [-0.15, -0.1) is 0 Å². The summed E-state index contributed by atoms with van der Waals surface area (Å²) in [7, 11) is 0. The molecule has 2 N–H and O–H groups in total. The zero-order valence-corrected chi connectivity index (χ0v) is 16.8. The maximum Gasteiger partial charge on any atom is 0.305 e. The van der Waals surface area contributed by atoms with Crippen molar-refractivity contribution in [2.45, 2.75) is 90.9 Å². The lowest BCUT2D eigenvalue weighted by molar-refractivity contribution is -0.146. The molecule has 6 heteroatoms. The molecular weight excluding hydrogens is 336 g/mol. The molecule has 0 atom stereocenters. The van der Waals surface area contributed by atoms with Gasteiger partial charge in [-0.3, -0.25) is 9.59 Å². The van der Waals surface area contributed by atoms with Crippen LogP contribution in [0.4, 0.5) is 0 Å². The summed E-state index contributed by atoms with van der Waals surface area (Å²) in [4.78, 5) is 22.9. The van der Waals surface area contributed by atoms with E-state index in [0.29, 0.717) is 38.9 Å². The van der Waals surface area contributed by atoms with Gasteiger partial charge in [0.15, 0.2) is 0 Å². The third-order valence-electron chi connectivity index (χ3n) is 3.63. The highest BCUT2D eigenvalue weighted by Gasteiger charge is 2.06. The second kappa shape index (κ2) is 23.9. The van der Waals surface area contributed by atoms with E-state index >= 15 is 0 Å². The monoisotopic (exact) mass is 376 g/mol. The summed E-state index contributed by atoms with van der Waals surface area (Å²) in [6, 6.07) is 0. The van der Waals surface area contributed by atoms with Gasteiger partial charge < -0.3 is 19.7 Å². The Labute approximate surface area is 159 Å². The molecule has 0 saturated carbocycles. The molecule has 0 aromatic carbocycles. The highest BCUT2D eigenvalue weighted by Crippen LogP contribution is 2.05. The number of carbonyl (C=O) groups excluding carboxylic acids is 2. The summed E-state index contributed by atoms with van der Waals surface area (Å²) in [6.07, 6.45) is 11.1. The highest BCUT2D eigenvalue weighted by atomic mass is 16.5. The van der Waals surface area contributed by atoms with E-state index in [9.17, 15) is 9.59 Å². The second-order valence-corrected chi connectivity index (χ2v) is 6.22. The number of ether oxygens (including phenoxy) is 2. The van der Waals surface area contributed by atoms with Crippen molar-refractivity contribution in [3.63, 3.8) is 0 Å². The number of aliphatic hydroxyl groups is 2. The first-order valence-corrected chi connectivity index (χ1v) is 10.1. The van der Waals surface area contributed by atoms with Crippen molar-refractivity contribution < 1.29 is 29.3 Å². The third-order valence-corrected chi connectivity index (χ3v) is 3.63. The van der Waals surface area contributed by atoms with Gasteiger partial charge in [-0.1, -0.05) is 52.4 Å². The zero-order valence-electron chi connectivity index (χ0n) is 16.8. The van der Waals surface area contributed by atoms with Crippen molar-refractivity contribution in [1.82, 2.24) is 0 Å². The van der Waals surface area contributed by atoms with E-state index in [0.717, 1.165) is 25.7 Å². The van der Waals surface area contributed by atoms with Crippen molar-refractivity contribution in [3.8, 4) is 0 Å². The SMILES string of the molecule is CCCCCCOC(=O)CCCCC(=O)OCCCCCC.OCCO. The molecule has 0 aliphatic heterocycles. The number of esters is 2. The molecule has 156 valence electrons. The van der Waals surface area contributed by atoms with Crippen LogP contribution in [-0.4, -0.2) is 48.6 Å². The van der Waals surface area contributed by atoms with E-state index in [1.54, 1.807) is 0 Å². The summed E-state index contributed by atoms with van der Waals surface area (Å²) in [5.41, 5.74) is 0. The van der Waals surface area contributed by atoms with Crippen LogP contribution in [0.5, 0.6) is 0 Å². The normalized spacial score (nSPS) is 10.0. The average molecular weight is 377 g/mol. The van der Waals surface area contributed by atoms with Gasteiger partial charge in [-0.05, 0) is 25.7 Å². The van der Waals surface area contributed by atoms with Gasteiger partial charge in [0, 0.05) is 12.8 Å². The Morgan fingerprint density at radius 2 is 1.00 bits per heavy atom. The maximum absolute atomic E-state index is 11.5. The minimum absolute atomic E-state index is 0.125. The molecule has 0 aliphatic rings. The predicted octanol–water partition coefficient (Wildman–Crippen LogP) is 3.76. The largest absolute Gasteiger partial charge is 0.466 e. The third kappa shape index (κ3) is 25.1. The van der Waals surface area contributed by atoms with Gasteiger partial charge in [0.1, 0.15) is 0 Å². The van der Waals surface area contributed by atoms with Crippen LogP contribution in [0, 0.1) is 0 Å². The van der Waals surface area contributed by atoms with E-state index in [1.165, 1.54) is 25.7 Å². The Morgan fingerprint density at radius 3 is 1.31 bits per heavy atom. The first-order chi connectivity index (χ1) is 12.6. The number of hydrogen-bond acceptors (Lipinski definition) is 6.